The Kier molecular flexibility index (Phi) is 3.42. The lowest BCUT2D eigenvalue weighted by Crippen LogP contribution is -2.34. The standard InChI is InChI=1S/C17H13ClN2O3/c18-13-3-1-2-11(8-13)16-19-6-7-20(16)17(21)12-4-5-14-15(9-12)23-10-22-14/h1-5,8-9H,6-7,10H2. The Balaban J connectivity index is 1.64. The number of benzene rings is 2. The summed E-state index contributed by atoms with van der Waals surface area (Å²) in [6, 6.07) is 12.6. The molecule has 0 aliphatic carbocycles. The van der Waals surface area contributed by atoms with Crippen molar-refractivity contribution >= 4 is 23.3 Å². The van der Waals surface area contributed by atoms with Crippen LogP contribution in [-0.4, -0.2) is 36.5 Å². The zero-order valence-corrected chi connectivity index (χ0v) is 12.9. The van der Waals surface area contributed by atoms with Crippen LogP contribution in [0.15, 0.2) is 47.5 Å². The van der Waals surface area contributed by atoms with E-state index in [0.29, 0.717) is 41.0 Å². The molecule has 0 fully saturated rings. The number of amides is 1. The molecule has 2 aliphatic rings. The van der Waals surface area contributed by atoms with E-state index in [2.05, 4.69) is 4.99 Å². The number of ether oxygens (including phenoxy) is 2. The van der Waals surface area contributed by atoms with Crippen molar-refractivity contribution in [2.75, 3.05) is 19.9 Å². The van der Waals surface area contributed by atoms with Crippen LogP contribution in [0.1, 0.15) is 15.9 Å². The van der Waals surface area contributed by atoms with E-state index in [-0.39, 0.29) is 12.7 Å². The van der Waals surface area contributed by atoms with Crippen molar-refractivity contribution in [3.8, 4) is 11.5 Å². The largest absolute Gasteiger partial charge is 0.454 e. The predicted octanol–water partition coefficient (Wildman–Crippen LogP) is 2.97. The zero-order chi connectivity index (χ0) is 15.8. The lowest BCUT2D eigenvalue weighted by Gasteiger charge is -2.19. The van der Waals surface area contributed by atoms with Gasteiger partial charge in [0.1, 0.15) is 5.84 Å². The summed E-state index contributed by atoms with van der Waals surface area (Å²) in [7, 11) is 0. The first kappa shape index (κ1) is 14.1. The van der Waals surface area contributed by atoms with Crippen molar-refractivity contribution in [1.82, 2.24) is 4.90 Å². The second-order valence-electron chi connectivity index (χ2n) is 5.24. The summed E-state index contributed by atoms with van der Waals surface area (Å²) in [5, 5.41) is 0.618. The maximum Gasteiger partial charge on any atom is 0.259 e. The molecule has 0 atom stereocenters. The molecule has 6 heteroatoms. The fourth-order valence-corrected chi connectivity index (χ4v) is 2.90. The highest BCUT2D eigenvalue weighted by Gasteiger charge is 2.27. The van der Waals surface area contributed by atoms with Crippen LogP contribution < -0.4 is 9.47 Å². The van der Waals surface area contributed by atoms with Gasteiger partial charge in [-0.3, -0.25) is 14.7 Å². The van der Waals surface area contributed by atoms with Crippen LogP contribution >= 0.6 is 11.6 Å². The molecule has 2 aromatic carbocycles. The molecule has 2 aliphatic heterocycles. The minimum absolute atomic E-state index is 0.112. The molecule has 0 spiro atoms. The van der Waals surface area contributed by atoms with E-state index in [0.717, 1.165) is 5.56 Å². The molecule has 0 saturated carbocycles. The monoisotopic (exact) mass is 328 g/mol. The fraction of sp³-hybridized carbons (Fsp3) is 0.176. The van der Waals surface area contributed by atoms with Crippen molar-refractivity contribution in [3.63, 3.8) is 0 Å². The SMILES string of the molecule is O=C(c1ccc2c(c1)OCO2)N1CCN=C1c1cccc(Cl)c1. The van der Waals surface area contributed by atoms with Crippen LogP contribution in [0.5, 0.6) is 11.5 Å². The predicted molar refractivity (Wildman–Crippen MR) is 86.5 cm³/mol. The molecule has 116 valence electrons. The third-order valence-electron chi connectivity index (χ3n) is 3.79. The maximum atomic E-state index is 12.8. The van der Waals surface area contributed by atoms with Gasteiger partial charge in [-0.25, -0.2) is 0 Å². The second-order valence-corrected chi connectivity index (χ2v) is 5.68. The van der Waals surface area contributed by atoms with Crippen molar-refractivity contribution in [1.29, 1.82) is 0 Å². The summed E-state index contributed by atoms with van der Waals surface area (Å²) in [6.07, 6.45) is 0. The van der Waals surface area contributed by atoms with E-state index in [4.69, 9.17) is 21.1 Å². The van der Waals surface area contributed by atoms with E-state index in [1.54, 1.807) is 29.2 Å². The van der Waals surface area contributed by atoms with Gasteiger partial charge in [0.15, 0.2) is 11.5 Å². The Morgan fingerprint density at radius 2 is 2.00 bits per heavy atom. The minimum atomic E-state index is -0.112. The highest BCUT2D eigenvalue weighted by Crippen LogP contribution is 2.33. The zero-order valence-electron chi connectivity index (χ0n) is 12.2. The molecule has 0 aromatic heterocycles. The number of carbonyl (C=O) groups excluding carboxylic acids is 1. The third kappa shape index (κ3) is 2.53. The van der Waals surface area contributed by atoms with Crippen LogP contribution in [0.3, 0.4) is 0 Å². The topological polar surface area (TPSA) is 51.1 Å². The van der Waals surface area contributed by atoms with Crippen molar-refractivity contribution in [3.05, 3.63) is 58.6 Å². The second kappa shape index (κ2) is 5.59. The number of carbonyl (C=O) groups is 1. The molecular weight excluding hydrogens is 316 g/mol. The summed E-state index contributed by atoms with van der Waals surface area (Å²) >= 11 is 6.04. The number of hydrogen-bond donors (Lipinski definition) is 0. The lowest BCUT2D eigenvalue weighted by atomic mass is 10.1. The summed E-state index contributed by atoms with van der Waals surface area (Å²) < 4.78 is 10.6. The average molecular weight is 329 g/mol. The third-order valence-corrected chi connectivity index (χ3v) is 4.02. The molecule has 0 unspecified atom stereocenters. The van der Waals surface area contributed by atoms with Crippen molar-refractivity contribution < 1.29 is 14.3 Å². The lowest BCUT2D eigenvalue weighted by molar-refractivity contribution is 0.0858. The normalized spacial score (nSPS) is 15.7. The van der Waals surface area contributed by atoms with E-state index >= 15 is 0 Å². The summed E-state index contributed by atoms with van der Waals surface area (Å²) in [6.45, 7) is 1.32. The number of rotatable bonds is 2. The Bertz CT molecular complexity index is 819. The van der Waals surface area contributed by atoms with Crippen molar-refractivity contribution in [2.24, 2.45) is 4.99 Å². The van der Waals surface area contributed by atoms with Crippen LogP contribution in [-0.2, 0) is 0 Å². The van der Waals surface area contributed by atoms with E-state index in [1.165, 1.54) is 0 Å². The molecule has 5 nitrogen and oxygen atoms in total. The first-order valence-electron chi connectivity index (χ1n) is 7.24. The molecule has 0 bridgehead atoms. The van der Waals surface area contributed by atoms with Crippen LogP contribution in [0, 0.1) is 0 Å². The molecule has 1 amide bonds. The Morgan fingerprint density at radius 1 is 1.13 bits per heavy atom. The van der Waals surface area contributed by atoms with Gasteiger partial charge in [0, 0.05) is 22.7 Å². The van der Waals surface area contributed by atoms with E-state index in [1.807, 2.05) is 18.2 Å². The van der Waals surface area contributed by atoms with Gasteiger partial charge >= 0.3 is 0 Å². The van der Waals surface area contributed by atoms with E-state index < -0.39 is 0 Å². The Labute approximate surface area is 138 Å². The summed E-state index contributed by atoms with van der Waals surface area (Å²) in [4.78, 5) is 19.0. The van der Waals surface area contributed by atoms with Crippen LogP contribution in [0.4, 0.5) is 0 Å². The van der Waals surface area contributed by atoms with Gasteiger partial charge < -0.3 is 9.47 Å². The summed E-state index contributed by atoms with van der Waals surface area (Å²) in [5.41, 5.74) is 1.38. The maximum absolute atomic E-state index is 12.8. The number of nitrogens with zero attached hydrogens (tertiary/aromatic N) is 2. The minimum Gasteiger partial charge on any atom is -0.454 e. The molecule has 2 aromatic rings. The van der Waals surface area contributed by atoms with Gasteiger partial charge in [-0.05, 0) is 30.3 Å². The van der Waals surface area contributed by atoms with Crippen molar-refractivity contribution in [2.45, 2.75) is 0 Å². The van der Waals surface area contributed by atoms with Gasteiger partial charge in [0.05, 0.1) is 6.54 Å². The first-order chi connectivity index (χ1) is 11.2. The van der Waals surface area contributed by atoms with Crippen LogP contribution in [0.25, 0.3) is 0 Å². The Morgan fingerprint density at radius 3 is 2.87 bits per heavy atom. The highest BCUT2D eigenvalue weighted by atomic mass is 35.5. The van der Waals surface area contributed by atoms with Gasteiger partial charge in [-0.1, -0.05) is 23.7 Å². The van der Waals surface area contributed by atoms with Gasteiger partial charge in [0.25, 0.3) is 5.91 Å². The van der Waals surface area contributed by atoms with Gasteiger partial charge in [-0.2, -0.15) is 0 Å². The number of aliphatic imine (C=N–C) groups is 1. The number of amidine groups is 1. The highest BCUT2D eigenvalue weighted by molar-refractivity contribution is 6.31. The van der Waals surface area contributed by atoms with E-state index in [9.17, 15) is 4.79 Å². The number of hydrogen-bond acceptors (Lipinski definition) is 4. The summed E-state index contributed by atoms with van der Waals surface area (Å²) in [5.74, 6) is 1.79. The molecule has 0 saturated heterocycles. The van der Waals surface area contributed by atoms with Gasteiger partial charge in [0.2, 0.25) is 6.79 Å². The fourth-order valence-electron chi connectivity index (χ4n) is 2.70. The number of fused-ring (bicyclic) bond motifs is 1. The number of halogens is 1. The first-order valence-corrected chi connectivity index (χ1v) is 7.62. The quantitative estimate of drug-likeness (QED) is 0.851. The van der Waals surface area contributed by atoms with Crippen LogP contribution in [0.2, 0.25) is 5.02 Å². The Hall–Kier alpha value is -2.53. The van der Waals surface area contributed by atoms with Gasteiger partial charge in [-0.15, -0.1) is 0 Å². The molecule has 4 rings (SSSR count). The molecule has 0 radical (unpaired) electrons. The molecule has 2 heterocycles. The molecule has 0 N–H and O–H groups in total. The molecular formula is C17H13ClN2O3. The smallest absolute Gasteiger partial charge is 0.259 e. The molecule has 23 heavy (non-hydrogen) atoms. The average Bonchev–Trinajstić information content (AvgIpc) is 3.22.